The molecule has 0 bridgehead atoms. The highest BCUT2D eigenvalue weighted by molar-refractivity contribution is 5.81. The van der Waals surface area contributed by atoms with E-state index in [0.29, 0.717) is 12.1 Å². The quantitative estimate of drug-likeness (QED) is 0.749. The molecule has 0 amide bonds. The maximum atomic E-state index is 12.1. The number of methoxy groups -OCH3 is 1. The van der Waals surface area contributed by atoms with Crippen LogP contribution in [0.5, 0.6) is 0 Å². The van der Waals surface area contributed by atoms with E-state index in [1.165, 1.54) is 26.4 Å². The zero-order valence-electron chi connectivity index (χ0n) is 11.2. The van der Waals surface area contributed by atoms with Gasteiger partial charge in [0.1, 0.15) is 5.54 Å². The first kappa shape index (κ1) is 12.8. The van der Waals surface area contributed by atoms with Gasteiger partial charge < -0.3 is 9.64 Å². The number of carbonyl (C=O) groups is 1. The number of nitrogens with one attached hydrogen (secondary N) is 1. The SMILES string of the molecule is COC(=O)C1(NC2CC2)CCCC(N(C)C)C1. The van der Waals surface area contributed by atoms with Crippen molar-refractivity contribution in [2.24, 2.45) is 0 Å². The first-order valence-electron chi connectivity index (χ1n) is 6.60. The third kappa shape index (κ3) is 2.80. The Labute approximate surface area is 104 Å². The second kappa shape index (κ2) is 4.94. The van der Waals surface area contributed by atoms with Crippen LogP contribution in [0.2, 0.25) is 0 Å². The summed E-state index contributed by atoms with van der Waals surface area (Å²) in [6.45, 7) is 0. The van der Waals surface area contributed by atoms with E-state index in [4.69, 9.17) is 4.74 Å². The first-order valence-corrected chi connectivity index (χ1v) is 6.60. The van der Waals surface area contributed by atoms with Gasteiger partial charge in [0.15, 0.2) is 0 Å². The van der Waals surface area contributed by atoms with Crippen molar-refractivity contribution in [3.63, 3.8) is 0 Å². The van der Waals surface area contributed by atoms with E-state index >= 15 is 0 Å². The van der Waals surface area contributed by atoms with Crippen LogP contribution in [0.25, 0.3) is 0 Å². The van der Waals surface area contributed by atoms with Crippen LogP contribution in [-0.4, -0.2) is 49.7 Å². The van der Waals surface area contributed by atoms with Crippen molar-refractivity contribution in [3.05, 3.63) is 0 Å². The van der Waals surface area contributed by atoms with Gasteiger partial charge in [-0.05, 0) is 52.6 Å². The van der Waals surface area contributed by atoms with E-state index in [-0.39, 0.29) is 5.97 Å². The van der Waals surface area contributed by atoms with Crippen molar-refractivity contribution in [3.8, 4) is 0 Å². The number of nitrogens with zero attached hydrogens (tertiary/aromatic N) is 1. The average molecular weight is 240 g/mol. The fourth-order valence-electron chi connectivity index (χ4n) is 2.88. The summed E-state index contributed by atoms with van der Waals surface area (Å²) in [5.74, 6) is -0.0732. The summed E-state index contributed by atoms with van der Waals surface area (Å²) in [5, 5.41) is 3.54. The summed E-state index contributed by atoms with van der Waals surface area (Å²) in [4.78, 5) is 14.3. The van der Waals surface area contributed by atoms with Gasteiger partial charge in [0.05, 0.1) is 7.11 Å². The number of rotatable bonds is 4. The Hall–Kier alpha value is -0.610. The summed E-state index contributed by atoms with van der Waals surface area (Å²) in [6.07, 6.45) is 6.47. The normalized spacial score (nSPS) is 33.8. The highest BCUT2D eigenvalue weighted by Gasteiger charge is 2.46. The lowest BCUT2D eigenvalue weighted by molar-refractivity contribution is -0.151. The number of carbonyl (C=O) groups excluding carboxylic acids is 1. The number of ether oxygens (including phenoxy) is 1. The van der Waals surface area contributed by atoms with Crippen molar-refractivity contribution in [2.75, 3.05) is 21.2 Å². The van der Waals surface area contributed by atoms with Crippen molar-refractivity contribution in [2.45, 2.75) is 56.1 Å². The minimum Gasteiger partial charge on any atom is -0.468 e. The Morgan fingerprint density at radius 2 is 2.06 bits per heavy atom. The molecule has 0 saturated heterocycles. The van der Waals surface area contributed by atoms with Gasteiger partial charge in [-0.3, -0.25) is 10.1 Å². The molecule has 17 heavy (non-hydrogen) atoms. The monoisotopic (exact) mass is 240 g/mol. The van der Waals surface area contributed by atoms with Crippen molar-refractivity contribution in [1.82, 2.24) is 10.2 Å². The number of hydrogen-bond donors (Lipinski definition) is 1. The Morgan fingerprint density at radius 1 is 1.35 bits per heavy atom. The molecule has 0 heterocycles. The molecule has 2 aliphatic rings. The van der Waals surface area contributed by atoms with Crippen LogP contribution in [0, 0.1) is 0 Å². The van der Waals surface area contributed by atoms with E-state index in [9.17, 15) is 4.79 Å². The zero-order chi connectivity index (χ0) is 12.5. The van der Waals surface area contributed by atoms with E-state index in [1.807, 2.05) is 0 Å². The predicted octanol–water partition coefficient (Wildman–Crippen LogP) is 1.15. The third-order valence-corrected chi connectivity index (χ3v) is 4.09. The molecule has 0 aromatic carbocycles. The topological polar surface area (TPSA) is 41.6 Å². The molecule has 1 N–H and O–H groups in total. The highest BCUT2D eigenvalue weighted by atomic mass is 16.5. The lowest BCUT2D eigenvalue weighted by Crippen LogP contribution is -2.58. The standard InChI is InChI=1S/C13H24N2O2/c1-15(2)11-5-4-8-13(9-11,12(16)17-3)14-10-6-7-10/h10-11,14H,4-9H2,1-3H3. The Bertz CT molecular complexity index is 289. The predicted molar refractivity (Wildman–Crippen MR) is 66.8 cm³/mol. The van der Waals surface area contributed by atoms with Gasteiger partial charge in [0, 0.05) is 12.1 Å². The van der Waals surface area contributed by atoms with Gasteiger partial charge in [0.2, 0.25) is 0 Å². The van der Waals surface area contributed by atoms with Gasteiger partial charge in [0.25, 0.3) is 0 Å². The molecule has 0 spiro atoms. The lowest BCUT2D eigenvalue weighted by atomic mass is 9.78. The summed E-state index contributed by atoms with van der Waals surface area (Å²) in [6, 6.07) is 1.02. The molecular weight excluding hydrogens is 216 g/mol. The third-order valence-electron chi connectivity index (χ3n) is 4.09. The smallest absolute Gasteiger partial charge is 0.326 e. The van der Waals surface area contributed by atoms with Gasteiger partial charge >= 0.3 is 5.97 Å². The van der Waals surface area contributed by atoms with Crippen LogP contribution in [0.3, 0.4) is 0 Å². The summed E-state index contributed by atoms with van der Waals surface area (Å²) in [5.41, 5.74) is -0.427. The van der Waals surface area contributed by atoms with E-state index in [0.717, 1.165) is 19.3 Å². The van der Waals surface area contributed by atoms with Gasteiger partial charge in [-0.25, -0.2) is 0 Å². The van der Waals surface area contributed by atoms with E-state index < -0.39 is 5.54 Å². The van der Waals surface area contributed by atoms with Gasteiger partial charge in [-0.2, -0.15) is 0 Å². The molecule has 2 aliphatic carbocycles. The van der Waals surface area contributed by atoms with Crippen LogP contribution >= 0.6 is 0 Å². The van der Waals surface area contributed by atoms with Crippen LogP contribution < -0.4 is 5.32 Å². The fraction of sp³-hybridized carbons (Fsp3) is 0.923. The Morgan fingerprint density at radius 3 is 2.59 bits per heavy atom. The van der Waals surface area contributed by atoms with Crippen molar-refractivity contribution in [1.29, 1.82) is 0 Å². The van der Waals surface area contributed by atoms with Crippen LogP contribution in [0.1, 0.15) is 38.5 Å². The maximum absolute atomic E-state index is 12.1. The molecular formula is C13H24N2O2. The fourth-order valence-corrected chi connectivity index (χ4v) is 2.88. The molecule has 2 rings (SSSR count). The average Bonchev–Trinajstić information content (AvgIpc) is 3.12. The summed E-state index contributed by atoms with van der Waals surface area (Å²) >= 11 is 0. The summed E-state index contributed by atoms with van der Waals surface area (Å²) in [7, 11) is 5.68. The Balaban J connectivity index is 2.10. The molecule has 0 radical (unpaired) electrons. The highest BCUT2D eigenvalue weighted by Crippen LogP contribution is 2.35. The van der Waals surface area contributed by atoms with Crippen molar-refractivity contribution < 1.29 is 9.53 Å². The van der Waals surface area contributed by atoms with Crippen LogP contribution in [0.15, 0.2) is 0 Å². The minimum absolute atomic E-state index is 0.0732. The molecule has 0 aliphatic heterocycles. The molecule has 2 unspecified atom stereocenters. The molecule has 2 saturated carbocycles. The minimum atomic E-state index is -0.427. The molecule has 98 valence electrons. The lowest BCUT2D eigenvalue weighted by Gasteiger charge is -2.41. The first-order chi connectivity index (χ1) is 8.07. The van der Waals surface area contributed by atoms with Gasteiger partial charge in [-0.15, -0.1) is 0 Å². The molecule has 0 aromatic heterocycles. The molecule has 4 heteroatoms. The van der Waals surface area contributed by atoms with Crippen molar-refractivity contribution >= 4 is 5.97 Å². The zero-order valence-corrected chi connectivity index (χ0v) is 11.2. The van der Waals surface area contributed by atoms with E-state index in [1.54, 1.807) is 0 Å². The largest absolute Gasteiger partial charge is 0.468 e. The van der Waals surface area contributed by atoms with Crippen LogP contribution in [-0.2, 0) is 9.53 Å². The van der Waals surface area contributed by atoms with Crippen LogP contribution in [0.4, 0.5) is 0 Å². The second-order valence-corrected chi connectivity index (χ2v) is 5.71. The van der Waals surface area contributed by atoms with E-state index in [2.05, 4.69) is 24.3 Å². The number of esters is 1. The molecule has 2 atom stereocenters. The Kier molecular flexibility index (Phi) is 3.73. The molecule has 0 aromatic rings. The second-order valence-electron chi connectivity index (χ2n) is 5.71. The summed E-state index contributed by atoms with van der Waals surface area (Å²) < 4.78 is 5.03. The maximum Gasteiger partial charge on any atom is 0.326 e. The molecule has 4 nitrogen and oxygen atoms in total. The molecule has 2 fully saturated rings. The van der Waals surface area contributed by atoms with Gasteiger partial charge in [-0.1, -0.05) is 0 Å². The number of hydrogen-bond acceptors (Lipinski definition) is 4.